The van der Waals surface area contributed by atoms with Gasteiger partial charge in [-0.1, -0.05) is 31.0 Å². The zero-order chi connectivity index (χ0) is 18.9. The molecular weight excluding hydrogens is 354 g/mol. The van der Waals surface area contributed by atoms with Crippen molar-refractivity contribution in [3.05, 3.63) is 51.7 Å². The third-order valence-electron chi connectivity index (χ3n) is 4.13. The number of alkyl halides is 1. The van der Waals surface area contributed by atoms with Gasteiger partial charge in [0.1, 0.15) is 11.4 Å². The van der Waals surface area contributed by atoms with Crippen LogP contribution in [0.15, 0.2) is 30.3 Å². The number of para-hydroxylation sites is 1. The van der Waals surface area contributed by atoms with Crippen LogP contribution in [0.1, 0.15) is 36.9 Å². The second kappa shape index (κ2) is 9.97. The Morgan fingerprint density at radius 3 is 2.50 bits per heavy atom. The lowest BCUT2D eigenvalue weighted by molar-refractivity contribution is -0.385. The maximum Gasteiger partial charge on any atom is 0.354 e. The second-order valence-electron chi connectivity index (χ2n) is 6.05. The van der Waals surface area contributed by atoms with Crippen molar-refractivity contribution >= 4 is 23.0 Å². The Morgan fingerprint density at radius 1 is 1.15 bits per heavy atom. The lowest BCUT2D eigenvalue weighted by Gasteiger charge is -2.14. The Morgan fingerprint density at radius 2 is 1.85 bits per heavy atom. The molecule has 7 heteroatoms. The normalized spacial score (nSPS) is 10.6. The first-order valence-electron chi connectivity index (χ1n) is 8.73. The molecule has 0 saturated carbocycles. The van der Waals surface area contributed by atoms with Crippen LogP contribution in [-0.2, 0) is 0 Å². The minimum absolute atomic E-state index is 0.00828. The van der Waals surface area contributed by atoms with E-state index < -0.39 is 4.92 Å². The number of halogens is 1. The topological polar surface area (TPSA) is 77.3 Å². The number of unbranched alkanes of at least 4 members (excludes halogenated alkanes) is 3. The van der Waals surface area contributed by atoms with E-state index in [4.69, 9.17) is 16.3 Å². The molecule has 1 N–H and O–H groups in total. The number of nitrogens with one attached hydrogen (secondary N) is 1. The minimum Gasteiger partial charge on any atom is -0.434 e. The summed E-state index contributed by atoms with van der Waals surface area (Å²) < 4.78 is 5.70. The third kappa shape index (κ3) is 5.33. The minimum atomic E-state index is -0.437. The smallest absolute Gasteiger partial charge is 0.354 e. The molecule has 0 atom stereocenters. The second-order valence-corrected chi connectivity index (χ2v) is 6.43. The summed E-state index contributed by atoms with van der Waals surface area (Å²) >= 11 is 5.68. The highest BCUT2D eigenvalue weighted by molar-refractivity contribution is 6.17. The first kappa shape index (κ1) is 20.0. The van der Waals surface area contributed by atoms with Crippen LogP contribution in [0.5, 0.6) is 11.6 Å². The fraction of sp³-hybridized carbons (Fsp3) is 0.421. The van der Waals surface area contributed by atoms with Crippen LogP contribution < -0.4 is 10.1 Å². The average molecular weight is 378 g/mol. The molecule has 1 aromatic heterocycles. The number of hydrogen-bond donors (Lipinski definition) is 1. The number of aryl methyl sites for hydroxylation is 1. The molecule has 6 nitrogen and oxygen atoms in total. The quantitative estimate of drug-likeness (QED) is 0.252. The SMILES string of the molecule is Cc1nc(Oc2ccccc2)c([N+](=O)[O-])c(NCCCCCCCl)c1C. The van der Waals surface area contributed by atoms with Crippen LogP contribution in [0, 0.1) is 24.0 Å². The largest absolute Gasteiger partial charge is 0.434 e. The number of nitrogens with zero attached hydrogens (tertiary/aromatic N) is 2. The van der Waals surface area contributed by atoms with E-state index in [0.717, 1.165) is 31.2 Å². The fourth-order valence-corrected chi connectivity index (χ4v) is 2.79. The maximum atomic E-state index is 11.7. The number of benzene rings is 1. The van der Waals surface area contributed by atoms with E-state index in [9.17, 15) is 10.1 Å². The van der Waals surface area contributed by atoms with E-state index in [2.05, 4.69) is 10.3 Å². The highest BCUT2D eigenvalue weighted by atomic mass is 35.5. The zero-order valence-electron chi connectivity index (χ0n) is 15.1. The molecule has 0 fully saturated rings. The molecule has 2 aromatic rings. The summed E-state index contributed by atoms with van der Waals surface area (Å²) in [6.45, 7) is 4.30. The number of ether oxygens (including phenoxy) is 1. The van der Waals surface area contributed by atoms with Gasteiger partial charge in [0, 0.05) is 23.7 Å². The molecule has 1 aromatic carbocycles. The van der Waals surface area contributed by atoms with Crippen molar-refractivity contribution in [1.82, 2.24) is 4.98 Å². The Hall–Kier alpha value is -2.34. The van der Waals surface area contributed by atoms with Gasteiger partial charge >= 0.3 is 11.6 Å². The van der Waals surface area contributed by atoms with Gasteiger partial charge < -0.3 is 10.1 Å². The molecule has 2 rings (SSSR count). The summed E-state index contributed by atoms with van der Waals surface area (Å²) in [5.41, 5.74) is 1.81. The maximum absolute atomic E-state index is 11.7. The van der Waals surface area contributed by atoms with Gasteiger partial charge in [-0.3, -0.25) is 10.1 Å². The molecule has 0 radical (unpaired) electrons. The number of rotatable bonds is 10. The molecule has 26 heavy (non-hydrogen) atoms. The van der Waals surface area contributed by atoms with E-state index in [1.54, 1.807) is 12.1 Å². The van der Waals surface area contributed by atoms with Gasteiger partial charge in [0.2, 0.25) is 0 Å². The van der Waals surface area contributed by atoms with Crippen LogP contribution in [0.3, 0.4) is 0 Å². The molecule has 0 spiro atoms. The van der Waals surface area contributed by atoms with Gasteiger partial charge in [0.05, 0.1) is 4.92 Å². The van der Waals surface area contributed by atoms with Crippen LogP contribution in [-0.4, -0.2) is 22.3 Å². The van der Waals surface area contributed by atoms with Gasteiger partial charge in [-0.05, 0) is 38.8 Å². The predicted octanol–water partition coefficient (Wildman–Crippen LogP) is 5.61. The van der Waals surface area contributed by atoms with E-state index in [0.29, 0.717) is 29.6 Å². The lowest BCUT2D eigenvalue weighted by Crippen LogP contribution is -2.09. The van der Waals surface area contributed by atoms with Crippen molar-refractivity contribution < 1.29 is 9.66 Å². The fourth-order valence-electron chi connectivity index (χ4n) is 2.60. The Labute approximate surface area is 158 Å². The first-order valence-corrected chi connectivity index (χ1v) is 9.26. The highest BCUT2D eigenvalue weighted by Gasteiger charge is 2.27. The summed E-state index contributed by atoms with van der Waals surface area (Å²) in [7, 11) is 0. The van der Waals surface area contributed by atoms with E-state index in [1.807, 2.05) is 32.0 Å². The zero-order valence-corrected chi connectivity index (χ0v) is 15.9. The molecular formula is C19H24ClN3O3. The number of nitro groups is 1. The summed E-state index contributed by atoms with van der Waals surface area (Å²) in [6.07, 6.45) is 4.00. The van der Waals surface area contributed by atoms with Crippen LogP contribution >= 0.6 is 11.6 Å². The van der Waals surface area contributed by atoms with Crippen molar-refractivity contribution in [3.8, 4) is 11.6 Å². The third-order valence-corrected chi connectivity index (χ3v) is 4.40. The van der Waals surface area contributed by atoms with E-state index in [1.165, 1.54) is 0 Å². The van der Waals surface area contributed by atoms with Crippen molar-refractivity contribution in [2.24, 2.45) is 0 Å². The highest BCUT2D eigenvalue weighted by Crippen LogP contribution is 2.39. The Balaban J connectivity index is 2.23. The van der Waals surface area contributed by atoms with E-state index in [-0.39, 0.29) is 11.6 Å². The Bertz CT molecular complexity index is 739. The van der Waals surface area contributed by atoms with Crippen molar-refractivity contribution in [2.75, 3.05) is 17.7 Å². The van der Waals surface area contributed by atoms with Crippen LogP contribution in [0.25, 0.3) is 0 Å². The van der Waals surface area contributed by atoms with Crippen molar-refractivity contribution in [2.45, 2.75) is 39.5 Å². The molecule has 1 heterocycles. The molecule has 0 amide bonds. The van der Waals surface area contributed by atoms with E-state index >= 15 is 0 Å². The van der Waals surface area contributed by atoms with Gasteiger partial charge in [0.25, 0.3) is 0 Å². The van der Waals surface area contributed by atoms with Crippen LogP contribution in [0.4, 0.5) is 11.4 Å². The summed E-state index contributed by atoms with van der Waals surface area (Å²) in [4.78, 5) is 15.6. The molecule has 0 saturated heterocycles. The molecule has 0 unspecified atom stereocenters. The van der Waals surface area contributed by atoms with Gasteiger partial charge in [-0.2, -0.15) is 0 Å². The van der Waals surface area contributed by atoms with Gasteiger partial charge in [0.15, 0.2) is 0 Å². The Kier molecular flexibility index (Phi) is 7.66. The summed E-state index contributed by atoms with van der Waals surface area (Å²) in [5.74, 6) is 1.19. The predicted molar refractivity (Wildman–Crippen MR) is 105 cm³/mol. The summed E-state index contributed by atoms with van der Waals surface area (Å²) in [6, 6.07) is 8.95. The number of aromatic nitrogens is 1. The molecule has 0 aliphatic rings. The van der Waals surface area contributed by atoms with Crippen LogP contribution in [0.2, 0.25) is 0 Å². The summed E-state index contributed by atoms with van der Waals surface area (Å²) in [5, 5.41) is 14.9. The molecule has 0 aliphatic carbocycles. The number of pyridine rings is 1. The number of anilines is 1. The molecule has 0 aliphatic heterocycles. The molecule has 140 valence electrons. The first-order chi connectivity index (χ1) is 12.5. The number of hydrogen-bond acceptors (Lipinski definition) is 5. The van der Waals surface area contributed by atoms with Crippen molar-refractivity contribution in [3.63, 3.8) is 0 Å². The average Bonchev–Trinajstić information content (AvgIpc) is 2.62. The molecule has 0 bridgehead atoms. The van der Waals surface area contributed by atoms with Gasteiger partial charge in [-0.25, -0.2) is 4.98 Å². The standard InChI is InChI=1S/C19H24ClN3O3/c1-14-15(2)22-19(26-16-10-6-5-7-11-16)18(23(24)25)17(14)21-13-9-4-3-8-12-20/h5-7,10-11H,3-4,8-9,12-13H2,1-2H3,(H,21,22). The lowest BCUT2D eigenvalue weighted by atomic mass is 10.1. The van der Waals surface area contributed by atoms with Gasteiger partial charge in [-0.15, -0.1) is 11.6 Å². The monoisotopic (exact) mass is 377 g/mol. The van der Waals surface area contributed by atoms with Crippen molar-refractivity contribution in [1.29, 1.82) is 0 Å².